The molecular weight excluding hydrogens is 543 g/mol. The van der Waals surface area contributed by atoms with E-state index in [1.807, 2.05) is 45.0 Å². The van der Waals surface area contributed by atoms with E-state index in [4.69, 9.17) is 15.6 Å². The largest absolute Gasteiger partial charge is 0.433 e. The van der Waals surface area contributed by atoms with Crippen LogP contribution in [0.3, 0.4) is 0 Å². The zero-order chi connectivity index (χ0) is 30.2. The molecule has 3 aliphatic rings. The van der Waals surface area contributed by atoms with Gasteiger partial charge in [-0.15, -0.1) is 0 Å². The summed E-state index contributed by atoms with van der Waals surface area (Å²) in [6.07, 6.45) is 1.52. The second kappa shape index (κ2) is 11.8. The Morgan fingerprint density at radius 1 is 1.21 bits per heavy atom. The minimum Gasteiger partial charge on any atom is -0.380 e. The van der Waals surface area contributed by atoms with Gasteiger partial charge in [0.1, 0.15) is 17.2 Å². The normalized spacial score (nSPS) is 19.6. The van der Waals surface area contributed by atoms with Crippen LogP contribution in [0.15, 0.2) is 30.3 Å². The number of hydrogen-bond acceptors (Lipinski definition) is 6. The van der Waals surface area contributed by atoms with Gasteiger partial charge < -0.3 is 15.0 Å². The number of aromatic amines is 1. The van der Waals surface area contributed by atoms with E-state index in [1.54, 1.807) is 7.05 Å². The van der Waals surface area contributed by atoms with Gasteiger partial charge in [0.25, 0.3) is 0 Å². The number of halogens is 3. The first kappa shape index (κ1) is 30.2. The number of ether oxygens (including phenoxy) is 1. The van der Waals surface area contributed by atoms with Gasteiger partial charge in [-0.05, 0) is 56.2 Å². The van der Waals surface area contributed by atoms with Crippen LogP contribution in [0.25, 0.3) is 22.2 Å². The molecule has 0 amide bonds. The van der Waals surface area contributed by atoms with Crippen LogP contribution in [0.5, 0.6) is 0 Å². The van der Waals surface area contributed by atoms with Gasteiger partial charge in [0, 0.05) is 41.4 Å². The molecule has 3 fully saturated rings. The number of amidine groups is 1. The van der Waals surface area contributed by atoms with E-state index in [2.05, 4.69) is 20.5 Å². The zero-order valence-electron chi connectivity index (χ0n) is 24.6. The summed E-state index contributed by atoms with van der Waals surface area (Å²) in [5.41, 5.74) is 2.08. The Labute approximate surface area is 244 Å². The first-order chi connectivity index (χ1) is 20.1. The van der Waals surface area contributed by atoms with Crippen LogP contribution in [0.4, 0.5) is 13.2 Å². The highest BCUT2D eigenvalue weighted by Crippen LogP contribution is 2.48. The quantitative estimate of drug-likeness (QED) is 0.170. The molecule has 6 rings (SSSR count). The molecule has 3 aromatic rings. The maximum absolute atomic E-state index is 14.0. The standard InChI is InChI=1S/C29H34F3N7O.C2H6/c1-16(35-20-11-28(12-20)13-40-14-28)24-26-21(10-22(36-24)29(30,31)32)25(37-38-26)19-8-4-7-18(9-19)23(17-5-3-6-17)27(34)39(2)15-33;1-2/h4,7-10,15-17,20,23,33-35H,3,5-6,11-14H2,1-2H3,(H,37,38);1-2H3. The van der Waals surface area contributed by atoms with Gasteiger partial charge in [0.15, 0.2) is 0 Å². The Morgan fingerprint density at radius 2 is 1.93 bits per heavy atom. The molecular formula is C31H40F3N7O. The highest BCUT2D eigenvalue weighted by atomic mass is 19.4. The van der Waals surface area contributed by atoms with E-state index in [0.717, 1.165) is 63.3 Å². The maximum Gasteiger partial charge on any atom is 0.433 e. The van der Waals surface area contributed by atoms with Crippen LogP contribution in [0.2, 0.25) is 0 Å². The summed E-state index contributed by atoms with van der Waals surface area (Å²) in [6.45, 7) is 7.36. The molecule has 1 spiro atoms. The molecule has 1 aliphatic heterocycles. The number of benzene rings is 1. The van der Waals surface area contributed by atoms with Gasteiger partial charge in [-0.25, -0.2) is 4.98 Å². The summed E-state index contributed by atoms with van der Waals surface area (Å²) >= 11 is 0. The fraction of sp³-hybridized carbons (Fsp3) is 0.548. The molecule has 226 valence electrons. The second-order valence-electron chi connectivity index (χ2n) is 11.8. The molecule has 2 aliphatic carbocycles. The smallest absolute Gasteiger partial charge is 0.380 e. The lowest BCUT2D eigenvalue weighted by molar-refractivity contribution is -0.168. The van der Waals surface area contributed by atoms with Gasteiger partial charge in [-0.3, -0.25) is 15.9 Å². The van der Waals surface area contributed by atoms with Gasteiger partial charge in [0.2, 0.25) is 0 Å². The van der Waals surface area contributed by atoms with E-state index >= 15 is 0 Å². The first-order valence-electron chi connectivity index (χ1n) is 14.8. The molecule has 11 heteroatoms. The monoisotopic (exact) mass is 583 g/mol. The van der Waals surface area contributed by atoms with E-state index in [-0.39, 0.29) is 23.3 Å². The summed E-state index contributed by atoms with van der Waals surface area (Å²) in [5, 5.41) is 27.7. The molecule has 4 N–H and O–H groups in total. The molecule has 2 saturated carbocycles. The van der Waals surface area contributed by atoms with Crippen LogP contribution < -0.4 is 5.32 Å². The summed E-state index contributed by atoms with van der Waals surface area (Å²) in [6, 6.07) is 8.46. The number of pyridine rings is 1. The van der Waals surface area contributed by atoms with Crippen LogP contribution in [0, 0.1) is 22.2 Å². The number of rotatable bonds is 8. The highest BCUT2D eigenvalue weighted by Gasteiger charge is 2.50. The molecule has 2 aromatic heterocycles. The Morgan fingerprint density at radius 3 is 2.50 bits per heavy atom. The zero-order valence-corrected chi connectivity index (χ0v) is 24.6. The Kier molecular flexibility index (Phi) is 8.44. The number of H-pyrrole nitrogens is 1. The summed E-state index contributed by atoms with van der Waals surface area (Å²) in [5.74, 6) is 0.419. The fourth-order valence-corrected chi connectivity index (χ4v) is 6.48. The second-order valence-corrected chi connectivity index (χ2v) is 11.8. The number of alkyl halides is 3. The van der Waals surface area contributed by atoms with Crippen molar-refractivity contribution in [2.45, 2.75) is 77.1 Å². The topological polar surface area (TPSA) is 114 Å². The third-order valence-corrected chi connectivity index (χ3v) is 8.95. The van der Waals surface area contributed by atoms with E-state index in [0.29, 0.717) is 33.7 Å². The van der Waals surface area contributed by atoms with Crippen molar-refractivity contribution >= 4 is 23.1 Å². The molecule has 2 unspecified atom stereocenters. The minimum absolute atomic E-state index is 0.204. The highest BCUT2D eigenvalue weighted by molar-refractivity contribution is 5.96. The lowest BCUT2D eigenvalue weighted by Gasteiger charge is -2.54. The lowest BCUT2D eigenvalue weighted by atomic mass is 9.64. The maximum atomic E-state index is 14.0. The molecule has 3 heterocycles. The average molecular weight is 584 g/mol. The summed E-state index contributed by atoms with van der Waals surface area (Å²) in [4.78, 5) is 5.57. The SMILES string of the molecule is CC.CC(NC1CC2(COC2)C1)c1nc(C(F)(F)F)cc2c(-c3cccc(C(C(=N)N(C)C=N)C4CCC4)c3)n[nH]c12. The molecule has 8 nitrogen and oxygen atoms in total. The van der Waals surface area contributed by atoms with Crippen LogP contribution in [-0.2, 0) is 10.9 Å². The molecule has 0 radical (unpaired) electrons. The van der Waals surface area contributed by atoms with Gasteiger partial charge >= 0.3 is 6.18 Å². The predicted octanol–water partition coefficient (Wildman–Crippen LogP) is 6.90. The Bertz CT molecular complexity index is 1440. The van der Waals surface area contributed by atoms with Crippen molar-refractivity contribution in [2.75, 3.05) is 20.3 Å². The first-order valence-corrected chi connectivity index (χ1v) is 14.8. The van der Waals surface area contributed by atoms with Crippen LogP contribution in [0.1, 0.15) is 81.8 Å². The van der Waals surface area contributed by atoms with Crippen molar-refractivity contribution in [1.82, 2.24) is 25.4 Å². The fourth-order valence-electron chi connectivity index (χ4n) is 6.48. The molecule has 2 atom stereocenters. The summed E-state index contributed by atoms with van der Waals surface area (Å²) in [7, 11) is 1.69. The number of likely N-dealkylation sites (N-methyl/N-ethyl adjacent to an activating group) is 1. The van der Waals surface area contributed by atoms with Crippen molar-refractivity contribution in [2.24, 2.45) is 11.3 Å². The van der Waals surface area contributed by atoms with Crippen molar-refractivity contribution in [3.63, 3.8) is 0 Å². The number of nitrogens with one attached hydrogen (secondary N) is 4. The number of nitrogens with zero attached hydrogens (tertiary/aromatic N) is 3. The lowest BCUT2D eigenvalue weighted by Crippen LogP contribution is -2.58. The van der Waals surface area contributed by atoms with Crippen molar-refractivity contribution < 1.29 is 17.9 Å². The summed E-state index contributed by atoms with van der Waals surface area (Å²) < 4.78 is 47.4. The number of fused-ring (bicyclic) bond motifs is 1. The van der Waals surface area contributed by atoms with E-state index < -0.39 is 17.9 Å². The molecule has 42 heavy (non-hydrogen) atoms. The predicted molar refractivity (Wildman–Crippen MR) is 158 cm³/mol. The van der Waals surface area contributed by atoms with E-state index in [1.165, 1.54) is 4.90 Å². The van der Waals surface area contributed by atoms with Crippen molar-refractivity contribution in [1.29, 1.82) is 10.8 Å². The van der Waals surface area contributed by atoms with Gasteiger partial charge in [-0.1, -0.05) is 38.5 Å². The van der Waals surface area contributed by atoms with Gasteiger partial charge in [-0.2, -0.15) is 18.3 Å². The van der Waals surface area contributed by atoms with Crippen molar-refractivity contribution in [3.8, 4) is 11.3 Å². The third-order valence-electron chi connectivity index (χ3n) is 8.95. The Balaban J connectivity index is 0.00000173. The van der Waals surface area contributed by atoms with Crippen LogP contribution >= 0.6 is 0 Å². The van der Waals surface area contributed by atoms with Crippen LogP contribution in [-0.4, -0.2) is 58.6 Å². The Hall–Kier alpha value is -3.31. The van der Waals surface area contributed by atoms with Crippen molar-refractivity contribution in [3.05, 3.63) is 47.3 Å². The van der Waals surface area contributed by atoms with E-state index in [9.17, 15) is 13.2 Å². The molecule has 1 saturated heterocycles. The minimum atomic E-state index is -4.61. The molecule has 1 aromatic carbocycles. The molecule has 0 bridgehead atoms. The average Bonchev–Trinajstić information content (AvgIpc) is 3.34. The van der Waals surface area contributed by atoms with Gasteiger partial charge in [0.05, 0.1) is 30.8 Å². The third kappa shape index (κ3) is 5.56. The number of aromatic nitrogens is 3. The number of hydrogen-bond donors (Lipinski definition) is 4.